The zero-order chi connectivity index (χ0) is 17.8. The number of nitrogens with zero attached hydrogens (tertiary/aromatic N) is 3. The minimum absolute atomic E-state index is 0.202. The molecule has 0 saturated carbocycles. The van der Waals surface area contributed by atoms with Crippen LogP contribution >= 0.6 is 0 Å². The molecule has 0 radical (unpaired) electrons. The number of hydrogen-bond acceptors (Lipinski definition) is 6. The zero-order valence-corrected chi connectivity index (χ0v) is 13.7. The Balaban J connectivity index is 1.47. The van der Waals surface area contributed by atoms with E-state index in [-0.39, 0.29) is 12.4 Å². The fourth-order valence-corrected chi connectivity index (χ4v) is 2.45. The maximum absolute atomic E-state index is 9.57. The largest absolute Gasteiger partial charge is 0.508 e. The summed E-state index contributed by atoms with van der Waals surface area (Å²) in [4.78, 5) is 8.73. The molecule has 6 heteroatoms. The number of phenols is 1. The van der Waals surface area contributed by atoms with E-state index in [1.54, 1.807) is 24.4 Å². The second-order valence-corrected chi connectivity index (χ2v) is 5.60. The molecular formula is C20H15N3O3. The Labute approximate surface area is 149 Å². The Morgan fingerprint density at radius 1 is 0.923 bits per heavy atom. The van der Waals surface area contributed by atoms with Crippen LogP contribution in [0.4, 0.5) is 0 Å². The van der Waals surface area contributed by atoms with Crippen LogP contribution in [0.15, 0.2) is 77.4 Å². The van der Waals surface area contributed by atoms with Crippen molar-refractivity contribution in [3.63, 3.8) is 0 Å². The van der Waals surface area contributed by atoms with E-state index in [0.717, 1.165) is 17.0 Å². The molecule has 1 N–H and O–H groups in total. The number of pyridine rings is 1. The van der Waals surface area contributed by atoms with Gasteiger partial charge in [0.1, 0.15) is 11.5 Å². The van der Waals surface area contributed by atoms with Gasteiger partial charge in [-0.3, -0.25) is 4.98 Å². The number of phenolic OH excluding ortho intramolecular Hbond substituents is 1. The lowest BCUT2D eigenvalue weighted by molar-refractivity contribution is 0.287. The third kappa shape index (κ3) is 3.54. The van der Waals surface area contributed by atoms with Crippen molar-refractivity contribution < 1.29 is 14.4 Å². The van der Waals surface area contributed by atoms with Gasteiger partial charge in [-0.25, -0.2) is 0 Å². The first kappa shape index (κ1) is 15.8. The van der Waals surface area contributed by atoms with Crippen LogP contribution in [0.25, 0.3) is 22.7 Å². The smallest absolute Gasteiger partial charge is 0.259 e. The average molecular weight is 345 g/mol. The Bertz CT molecular complexity index is 998. The number of aromatic hydroxyl groups is 1. The van der Waals surface area contributed by atoms with Crippen LogP contribution < -0.4 is 4.74 Å². The number of para-hydroxylation sites is 1. The molecule has 0 fully saturated rings. The van der Waals surface area contributed by atoms with Crippen molar-refractivity contribution in [2.45, 2.75) is 6.61 Å². The van der Waals surface area contributed by atoms with E-state index in [1.165, 1.54) is 0 Å². The van der Waals surface area contributed by atoms with E-state index >= 15 is 0 Å². The molecule has 0 aliphatic heterocycles. The zero-order valence-electron chi connectivity index (χ0n) is 13.7. The maximum Gasteiger partial charge on any atom is 0.259 e. The molecule has 0 atom stereocenters. The van der Waals surface area contributed by atoms with Crippen LogP contribution in [-0.4, -0.2) is 20.2 Å². The van der Waals surface area contributed by atoms with Gasteiger partial charge in [-0.1, -0.05) is 35.5 Å². The molecule has 0 saturated heterocycles. The van der Waals surface area contributed by atoms with Gasteiger partial charge in [-0.2, -0.15) is 4.98 Å². The van der Waals surface area contributed by atoms with Crippen LogP contribution in [0, 0.1) is 0 Å². The summed E-state index contributed by atoms with van der Waals surface area (Å²) >= 11 is 0. The first-order valence-corrected chi connectivity index (χ1v) is 8.04. The highest BCUT2D eigenvalue weighted by atomic mass is 16.5. The molecule has 0 unspecified atom stereocenters. The first-order chi connectivity index (χ1) is 12.8. The summed E-state index contributed by atoms with van der Waals surface area (Å²) in [5.74, 6) is 1.79. The molecule has 26 heavy (non-hydrogen) atoms. The van der Waals surface area contributed by atoms with E-state index in [9.17, 15) is 5.11 Å². The molecule has 2 aromatic heterocycles. The van der Waals surface area contributed by atoms with E-state index in [2.05, 4.69) is 15.1 Å². The van der Waals surface area contributed by atoms with E-state index < -0.39 is 0 Å². The van der Waals surface area contributed by atoms with Crippen molar-refractivity contribution in [2.24, 2.45) is 0 Å². The third-order valence-electron chi connectivity index (χ3n) is 3.73. The standard InChI is InChI=1S/C20H15N3O3/c24-16-6-4-5-14(11-16)18-10-9-15(12-21-18)20-22-19(23-26-20)13-25-17-7-2-1-3-8-17/h1-12,24H,13H2. The number of rotatable bonds is 5. The number of ether oxygens (including phenoxy) is 1. The SMILES string of the molecule is Oc1cccc(-c2ccc(-c3nc(COc4ccccc4)no3)cn2)c1. The van der Waals surface area contributed by atoms with Crippen molar-refractivity contribution in [3.05, 3.63) is 78.8 Å². The van der Waals surface area contributed by atoms with Crippen LogP contribution in [0.5, 0.6) is 11.5 Å². The second kappa shape index (κ2) is 7.06. The highest BCUT2D eigenvalue weighted by Gasteiger charge is 2.10. The highest BCUT2D eigenvalue weighted by molar-refractivity contribution is 5.63. The van der Waals surface area contributed by atoms with Crippen molar-refractivity contribution >= 4 is 0 Å². The van der Waals surface area contributed by atoms with Crippen molar-refractivity contribution in [2.75, 3.05) is 0 Å². The Morgan fingerprint density at radius 2 is 1.81 bits per heavy atom. The van der Waals surface area contributed by atoms with Gasteiger partial charge >= 0.3 is 0 Å². The van der Waals surface area contributed by atoms with Crippen molar-refractivity contribution in [1.82, 2.24) is 15.1 Å². The van der Waals surface area contributed by atoms with Gasteiger partial charge in [0.25, 0.3) is 5.89 Å². The molecule has 0 bridgehead atoms. The predicted molar refractivity (Wildman–Crippen MR) is 95.4 cm³/mol. The van der Waals surface area contributed by atoms with E-state index in [4.69, 9.17) is 9.26 Å². The van der Waals surface area contributed by atoms with Crippen LogP contribution in [-0.2, 0) is 6.61 Å². The number of aromatic nitrogens is 3. The quantitative estimate of drug-likeness (QED) is 0.587. The molecule has 6 nitrogen and oxygen atoms in total. The lowest BCUT2D eigenvalue weighted by Crippen LogP contribution is -1.97. The topological polar surface area (TPSA) is 81.3 Å². The molecule has 2 aromatic carbocycles. The summed E-state index contributed by atoms with van der Waals surface area (Å²) in [6.45, 7) is 0.225. The normalized spacial score (nSPS) is 10.6. The van der Waals surface area contributed by atoms with Gasteiger partial charge in [-0.05, 0) is 36.4 Å². The van der Waals surface area contributed by atoms with Crippen LogP contribution in [0.3, 0.4) is 0 Å². The Morgan fingerprint density at radius 3 is 2.58 bits per heavy atom. The predicted octanol–water partition coefficient (Wildman–Crippen LogP) is 4.08. The van der Waals surface area contributed by atoms with Crippen molar-refractivity contribution in [3.8, 4) is 34.2 Å². The maximum atomic E-state index is 9.57. The molecule has 2 heterocycles. The molecule has 4 rings (SSSR count). The van der Waals surface area contributed by atoms with Gasteiger partial charge in [0, 0.05) is 11.8 Å². The summed E-state index contributed by atoms with van der Waals surface area (Å²) in [6.07, 6.45) is 1.66. The summed E-state index contributed by atoms with van der Waals surface area (Å²) < 4.78 is 10.9. The van der Waals surface area contributed by atoms with Gasteiger partial charge in [-0.15, -0.1) is 0 Å². The van der Waals surface area contributed by atoms with Crippen LogP contribution in [0.2, 0.25) is 0 Å². The van der Waals surface area contributed by atoms with E-state index in [1.807, 2.05) is 48.5 Å². The molecule has 0 aliphatic carbocycles. The lowest BCUT2D eigenvalue weighted by atomic mass is 10.1. The van der Waals surface area contributed by atoms with Gasteiger partial charge in [0.2, 0.25) is 5.82 Å². The fourth-order valence-electron chi connectivity index (χ4n) is 2.45. The van der Waals surface area contributed by atoms with Gasteiger partial charge < -0.3 is 14.4 Å². The fraction of sp³-hybridized carbons (Fsp3) is 0.0500. The Kier molecular flexibility index (Phi) is 4.30. The summed E-state index contributed by atoms with van der Waals surface area (Å²) in [5, 5.41) is 13.5. The molecule has 4 aromatic rings. The Hall–Kier alpha value is -3.67. The van der Waals surface area contributed by atoms with Gasteiger partial charge in [0.15, 0.2) is 6.61 Å². The molecule has 128 valence electrons. The minimum Gasteiger partial charge on any atom is -0.508 e. The lowest BCUT2D eigenvalue weighted by Gasteiger charge is -2.02. The first-order valence-electron chi connectivity index (χ1n) is 8.04. The molecule has 0 spiro atoms. The second-order valence-electron chi connectivity index (χ2n) is 5.60. The molecule has 0 amide bonds. The molecular weight excluding hydrogens is 330 g/mol. The summed E-state index contributed by atoms with van der Waals surface area (Å²) in [5.41, 5.74) is 2.29. The number of benzene rings is 2. The van der Waals surface area contributed by atoms with Crippen molar-refractivity contribution in [1.29, 1.82) is 0 Å². The highest BCUT2D eigenvalue weighted by Crippen LogP contribution is 2.24. The average Bonchev–Trinajstić information content (AvgIpc) is 3.16. The summed E-state index contributed by atoms with van der Waals surface area (Å²) in [7, 11) is 0. The third-order valence-corrected chi connectivity index (χ3v) is 3.73. The minimum atomic E-state index is 0.202. The van der Waals surface area contributed by atoms with Crippen LogP contribution in [0.1, 0.15) is 5.82 Å². The monoisotopic (exact) mass is 345 g/mol. The van der Waals surface area contributed by atoms with E-state index in [0.29, 0.717) is 17.3 Å². The number of hydrogen-bond donors (Lipinski definition) is 1. The summed E-state index contributed by atoms with van der Waals surface area (Å²) in [6, 6.07) is 20.1. The molecule has 0 aliphatic rings. The van der Waals surface area contributed by atoms with Gasteiger partial charge in [0.05, 0.1) is 11.3 Å².